The summed E-state index contributed by atoms with van der Waals surface area (Å²) < 4.78 is 14.0. The fourth-order valence-electron chi connectivity index (χ4n) is 1.82. The first-order valence-corrected chi connectivity index (χ1v) is 7.31. The summed E-state index contributed by atoms with van der Waals surface area (Å²) in [5, 5.41) is 6.32. The Labute approximate surface area is 118 Å². The van der Waals surface area contributed by atoms with E-state index in [1.165, 1.54) is 6.07 Å². The summed E-state index contributed by atoms with van der Waals surface area (Å²) in [6.45, 7) is 1.99. The Kier molecular flexibility index (Phi) is 4.48. The van der Waals surface area contributed by atoms with Gasteiger partial charge in [0.15, 0.2) is 0 Å². The molecule has 2 rings (SSSR count). The van der Waals surface area contributed by atoms with Crippen LogP contribution in [0.1, 0.15) is 22.3 Å². The smallest absolute Gasteiger partial charge is 0.137 e. The van der Waals surface area contributed by atoms with Crippen LogP contribution in [0.25, 0.3) is 0 Å². The van der Waals surface area contributed by atoms with Gasteiger partial charge in [-0.3, -0.25) is 0 Å². The number of hydrogen-bond acceptors (Lipinski definition) is 3. The highest BCUT2D eigenvalue weighted by Gasteiger charge is 2.15. The predicted molar refractivity (Wildman–Crippen MR) is 76.5 cm³/mol. The second-order valence-electron chi connectivity index (χ2n) is 4.05. The summed E-state index contributed by atoms with van der Waals surface area (Å²) >= 11 is 4.92. The molecule has 96 valence electrons. The third-order valence-electron chi connectivity index (χ3n) is 2.80. The zero-order chi connectivity index (χ0) is 13.1. The second kappa shape index (κ2) is 5.91. The van der Waals surface area contributed by atoms with Crippen molar-refractivity contribution in [2.75, 3.05) is 7.05 Å². The molecule has 0 fully saturated rings. The third-order valence-corrected chi connectivity index (χ3v) is 4.48. The number of aryl methyl sites for hydroxylation is 1. The van der Waals surface area contributed by atoms with E-state index in [-0.39, 0.29) is 11.9 Å². The number of halogens is 2. The van der Waals surface area contributed by atoms with E-state index in [2.05, 4.69) is 26.2 Å². The number of nitrogens with zero attached hydrogens (tertiary/aromatic N) is 1. The number of aromatic nitrogens is 1. The van der Waals surface area contributed by atoms with Crippen LogP contribution in [0.2, 0.25) is 0 Å². The number of rotatable bonds is 4. The lowest BCUT2D eigenvalue weighted by molar-refractivity contribution is 0.569. The first kappa shape index (κ1) is 13.6. The Morgan fingerprint density at radius 3 is 2.89 bits per heavy atom. The van der Waals surface area contributed by atoms with Crippen molar-refractivity contribution in [3.05, 3.63) is 50.1 Å². The van der Waals surface area contributed by atoms with Gasteiger partial charge in [0.25, 0.3) is 0 Å². The second-order valence-corrected chi connectivity index (χ2v) is 5.90. The van der Waals surface area contributed by atoms with Crippen LogP contribution in [-0.2, 0) is 6.42 Å². The van der Waals surface area contributed by atoms with E-state index in [1.54, 1.807) is 17.4 Å². The van der Waals surface area contributed by atoms with E-state index in [0.29, 0.717) is 10.9 Å². The lowest BCUT2D eigenvalue weighted by Gasteiger charge is -2.15. The molecule has 0 bridgehead atoms. The lowest BCUT2D eigenvalue weighted by Crippen LogP contribution is -2.19. The van der Waals surface area contributed by atoms with Crippen molar-refractivity contribution in [1.29, 1.82) is 0 Å². The zero-order valence-corrected chi connectivity index (χ0v) is 12.6. The van der Waals surface area contributed by atoms with E-state index in [1.807, 2.05) is 25.4 Å². The van der Waals surface area contributed by atoms with Crippen molar-refractivity contribution in [3.63, 3.8) is 0 Å². The first-order chi connectivity index (χ1) is 8.61. The van der Waals surface area contributed by atoms with Crippen LogP contribution in [0.4, 0.5) is 4.39 Å². The summed E-state index contributed by atoms with van der Waals surface area (Å²) in [4.78, 5) is 4.48. The molecule has 0 saturated heterocycles. The molecule has 1 atom stereocenters. The summed E-state index contributed by atoms with van der Waals surface area (Å²) in [5.74, 6) is -0.225. The fourth-order valence-corrected chi connectivity index (χ4v) is 2.91. The van der Waals surface area contributed by atoms with Gasteiger partial charge in [0.1, 0.15) is 5.82 Å². The maximum Gasteiger partial charge on any atom is 0.137 e. The average Bonchev–Trinajstić information content (AvgIpc) is 2.78. The van der Waals surface area contributed by atoms with Crippen molar-refractivity contribution in [3.8, 4) is 0 Å². The number of likely N-dealkylation sites (N-methyl/N-ethyl adjacent to an activating group) is 1. The van der Waals surface area contributed by atoms with Crippen LogP contribution in [0.15, 0.2) is 28.1 Å². The molecule has 1 aromatic carbocycles. The molecule has 1 aromatic heterocycles. The number of thiazole rings is 1. The normalized spacial score (nSPS) is 12.7. The van der Waals surface area contributed by atoms with Crippen LogP contribution in [0, 0.1) is 12.7 Å². The largest absolute Gasteiger partial charge is 0.311 e. The van der Waals surface area contributed by atoms with Gasteiger partial charge >= 0.3 is 0 Å². The van der Waals surface area contributed by atoms with Gasteiger partial charge in [0.05, 0.1) is 21.2 Å². The molecule has 2 nitrogen and oxygen atoms in total. The summed E-state index contributed by atoms with van der Waals surface area (Å²) in [6, 6.07) is 5.22. The number of benzene rings is 1. The molecular formula is C13H14BrFN2S. The van der Waals surface area contributed by atoms with Crippen LogP contribution in [-0.4, -0.2) is 12.0 Å². The molecule has 1 unspecified atom stereocenters. The number of nitrogens with one attached hydrogen (secondary N) is 1. The Morgan fingerprint density at radius 2 is 2.28 bits per heavy atom. The van der Waals surface area contributed by atoms with Crippen molar-refractivity contribution < 1.29 is 4.39 Å². The molecule has 5 heteroatoms. The fraction of sp³-hybridized carbons (Fsp3) is 0.308. The van der Waals surface area contributed by atoms with Gasteiger partial charge in [0.2, 0.25) is 0 Å². The van der Waals surface area contributed by atoms with Crippen molar-refractivity contribution in [2.45, 2.75) is 19.4 Å². The Bertz CT molecular complexity index is 542. The molecule has 2 aromatic rings. The van der Waals surface area contributed by atoms with Crippen molar-refractivity contribution >= 4 is 27.3 Å². The highest BCUT2D eigenvalue weighted by molar-refractivity contribution is 9.10. The maximum absolute atomic E-state index is 13.5. The minimum atomic E-state index is -0.225. The monoisotopic (exact) mass is 328 g/mol. The molecule has 0 spiro atoms. The maximum atomic E-state index is 13.5. The van der Waals surface area contributed by atoms with Crippen LogP contribution < -0.4 is 5.32 Å². The first-order valence-electron chi connectivity index (χ1n) is 5.64. The Balaban J connectivity index is 2.23. The standard InChI is InChI=1S/C13H14BrFN2S/c1-8-17-12(7-18-8)11(16-2)6-9-4-3-5-10(15)13(9)14/h3-5,7,11,16H,6H2,1-2H3. The summed E-state index contributed by atoms with van der Waals surface area (Å²) in [5.41, 5.74) is 1.95. The van der Waals surface area contributed by atoms with E-state index in [0.717, 1.165) is 16.3 Å². The Hall–Kier alpha value is -0.780. The molecular weight excluding hydrogens is 315 g/mol. The molecule has 1 N–H and O–H groups in total. The van der Waals surface area contributed by atoms with Gasteiger partial charge < -0.3 is 5.32 Å². The highest BCUT2D eigenvalue weighted by atomic mass is 79.9. The average molecular weight is 329 g/mol. The van der Waals surface area contributed by atoms with Crippen LogP contribution >= 0.6 is 27.3 Å². The van der Waals surface area contributed by atoms with E-state index < -0.39 is 0 Å². The van der Waals surface area contributed by atoms with Gasteiger partial charge in [0, 0.05) is 5.38 Å². The molecule has 0 amide bonds. The van der Waals surface area contributed by atoms with Gasteiger partial charge in [-0.15, -0.1) is 11.3 Å². The van der Waals surface area contributed by atoms with Gasteiger partial charge in [-0.25, -0.2) is 9.37 Å². The van der Waals surface area contributed by atoms with Gasteiger partial charge in [-0.1, -0.05) is 12.1 Å². The van der Waals surface area contributed by atoms with Gasteiger partial charge in [-0.05, 0) is 48.0 Å². The topological polar surface area (TPSA) is 24.9 Å². The van der Waals surface area contributed by atoms with E-state index >= 15 is 0 Å². The minimum Gasteiger partial charge on any atom is -0.311 e. The minimum absolute atomic E-state index is 0.105. The molecule has 0 aliphatic rings. The molecule has 0 aliphatic heterocycles. The van der Waals surface area contributed by atoms with E-state index in [9.17, 15) is 4.39 Å². The number of hydrogen-bond donors (Lipinski definition) is 1. The molecule has 0 saturated carbocycles. The highest BCUT2D eigenvalue weighted by Crippen LogP contribution is 2.26. The quantitative estimate of drug-likeness (QED) is 0.921. The zero-order valence-electron chi connectivity index (χ0n) is 10.2. The third kappa shape index (κ3) is 2.96. The lowest BCUT2D eigenvalue weighted by atomic mass is 10.0. The molecule has 0 radical (unpaired) electrons. The summed E-state index contributed by atoms with van der Waals surface area (Å²) in [6.07, 6.45) is 0.706. The van der Waals surface area contributed by atoms with Crippen molar-refractivity contribution in [2.24, 2.45) is 0 Å². The predicted octanol–water partition coefficient (Wildman–Crippen LogP) is 3.86. The van der Waals surface area contributed by atoms with Crippen LogP contribution in [0.5, 0.6) is 0 Å². The van der Waals surface area contributed by atoms with Gasteiger partial charge in [-0.2, -0.15) is 0 Å². The van der Waals surface area contributed by atoms with Crippen LogP contribution in [0.3, 0.4) is 0 Å². The van der Waals surface area contributed by atoms with Crippen molar-refractivity contribution in [1.82, 2.24) is 10.3 Å². The molecule has 1 heterocycles. The molecule has 18 heavy (non-hydrogen) atoms. The SMILES string of the molecule is CNC(Cc1cccc(F)c1Br)c1csc(C)n1. The van der Waals surface area contributed by atoms with E-state index in [4.69, 9.17) is 0 Å². The Morgan fingerprint density at radius 1 is 1.50 bits per heavy atom. The summed E-state index contributed by atoms with van der Waals surface area (Å²) in [7, 11) is 1.90. The molecule has 0 aliphatic carbocycles.